The van der Waals surface area contributed by atoms with Gasteiger partial charge in [0.2, 0.25) is 4.33 Å². The van der Waals surface area contributed by atoms with Crippen LogP contribution in [-0.4, -0.2) is 13.0 Å². The Morgan fingerprint density at radius 2 is 1.77 bits per heavy atom. The normalized spacial score (nSPS) is 16.5. The molecule has 1 atom stereocenters. The second-order valence-electron chi connectivity index (χ2n) is 2.49. The molecule has 1 rings (SSSR count). The van der Waals surface area contributed by atoms with Crippen molar-refractivity contribution in [3.8, 4) is 0 Å². The van der Waals surface area contributed by atoms with Gasteiger partial charge in [0, 0.05) is 5.56 Å². The summed E-state index contributed by atoms with van der Waals surface area (Å²) in [6, 6.07) is 7.66. The van der Waals surface area contributed by atoms with Crippen LogP contribution in [0.5, 0.6) is 0 Å². The molecule has 72 valence electrons. The third kappa shape index (κ3) is 2.00. The molecule has 0 aromatic heterocycles. The predicted molar refractivity (Wildman–Crippen MR) is 49.7 cm³/mol. The highest BCUT2D eigenvalue weighted by atomic mass is 35.5. The quantitative estimate of drug-likeness (QED) is 0.441. The molecule has 1 aromatic carbocycles. The molecule has 0 amide bonds. The van der Waals surface area contributed by atoms with Gasteiger partial charge in [-0.2, -0.15) is 8.42 Å². The van der Waals surface area contributed by atoms with E-state index in [2.05, 4.69) is 0 Å². The van der Waals surface area contributed by atoms with Crippen molar-refractivity contribution in [2.24, 2.45) is 5.73 Å². The molecule has 4 nitrogen and oxygen atoms in total. The molecule has 0 aliphatic carbocycles. The largest absolute Gasteiger partial charge is 0.303 e. The summed E-state index contributed by atoms with van der Waals surface area (Å²) in [5.74, 6) is 0. The zero-order valence-electron chi connectivity index (χ0n) is 6.51. The highest BCUT2D eigenvalue weighted by molar-refractivity contribution is 7.88. The summed E-state index contributed by atoms with van der Waals surface area (Å²) in [6.45, 7) is 0. The fourth-order valence-corrected chi connectivity index (χ4v) is 1.37. The Bertz CT molecular complexity index is 387. The molecule has 1 aromatic rings. The van der Waals surface area contributed by atoms with E-state index < -0.39 is 14.4 Å². The van der Waals surface area contributed by atoms with Crippen molar-refractivity contribution in [1.82, 2.24) is 0 Å². The maximum atomic E-state index is 10.8. The van der Waals surface area contributed by atoms with Crippen molar-refractivity contribution in [2.75, 3.05) is 0 Å². The van der Waals surface area contributed by atoms with Gasteiger partial charge < -0.3 is 0 Å². The van der Waals surface area contributed by atoms with Gasteiger partial charge in [0.25, 0.3) is 0 Å². The smallest absolute Gasteiger partial charge is 0.294 e. The van der Waals surface area contributed by atoms with E-state index in [0.717, 1.165) is 0 Å². The minimum Gasteiger partial charge on any atom is -0.294 e. The number of hydrogen-bond donors (Lipinski definition) is 2. The average Bonchev–Trinajstić information content (AvgIpc) is 2.04. The first kappa shape index (κ1) is 10.5. The minimum atomic E-state index is -4.51. The molecular formula is C7H8ClNO3S. The summed E-state index contributed by atoms with van der Waals surface area (Å²) in [5, 5.41) is 0. The molecule has 0 bridgehead atoms. The fourth-order valence-electron chi connectivity index (χ4n) is 0.814. The van der Waals surface area contributed by atoms with Gasteiger partial charge >= 0.3 is 10.1 Å². The second-order valence-corrected chi connectivity index (χ2v) is 4.90. The summed E-state index contributed by atoms with van der Waals surface area (Å²) in [6.07, 6.45) is 0. The third-order valence-corrected chi connectivity index (χ3v) is 3.33. The van der Waals surface area contributed by atoms with E-state index in [1.165, 1.54) is 12.1 Å². The molecule has 0 fully saturated rings. The van der Waals surface area contributed by atoms with Gasteiger partial charge in [0.15, 0.2) is 0 Å². The lowest BCUT2D eigenvalue weighted by atomic mass is 10.2. The number of alkyl halides is 1. The molecular weight excluding hydrogens is 214 g/mol. The molecule has 0 aliphatic heterocycles. The molecule has 1 unspecified atom stereocenters. The maximum absolute atomic E-state index is 10.8. The number of halogens is 1. The summed E-state index contributed by atoms with van der Waals surface area (Å²) >= 11 is 5.48. The molecule has 3 N–H and O–H groups in total. The number of benzene rings is 1. The van der Waals surface area contributed by atoms with Crippen molar-refractivity contribution >= 4 is 21.7 Å². The Labute approximate surface area is 81.1 Å². The van der Waals surface area contributed by atoms with Crippen LogP contribution in [0.15, 0.2) is 30.3 Å². The lowest BCUT2D eigenvalue weighted by Gasteiger charge is -2.18. The van der Waals surface area contributed by atoms with Crippen LogP contribution in [0.25, 0.3) is 0 Å². The third-order valence-electron chi connectivity index (χ3n) is 1.54. The molecule has 0 saturated carbocycles. The molecule has 13 heavy (non-hydrogen) atoms. The van der Waals surface area contributed by atoms with Gasteiger partial charge in [0.05, 0.1) is 0 Å². The molecule has 0 heterocycles. The predicted octanol–water partition coefficient (Wildman–Crippen LogP) is 0.882. The van der Waals surface area contributed by atoms with E-state index in [0.29, 0.717) is 0 Å². The van der Waals surface area contributed by atoms with Gasteiger partial charge in [-0.25, -0.2) is 0 Å². The van der Waals surface area contributed by atoms with Crippen LogP contribution >= 0.6 is 11.6 Å². The van der Waals surface area contributed by atoms with Crippen molar-refractivity contribution in [2.45, 2.75) is 4.33 Å². The summed E-state index contributed by atoms with van der Waals surface area (Å²) in [5.41, 5.74) is 5.37. The monoisotopic (exact) mass is 221 g/mol. The molecule has 0 saturated heterocycles. The first-order chi connectivity index (χ1) is 5.86. The van der Waals surface area contributed by atoms with Crippen molar-refractivity contribution < 1.29 is 13.0 Å². The van der Waals surface area contributed by atoms with E-state index in [4.69, 9.17) is 21.9 Å². The van der Waals surface area contributed by atoms with Crippen molar-refractivity contribution in [3.63, 3.8) is 0 Å². The van der Waals surface area contributed by atoms with Gasteiger partial charge in [-0.3, -0.25) is 10.3 Å². The van der Waals surface area contributed by atoms with Gasteiger partial charge in [-0.1, -0.05) is 41.9 Å². The highest BCUT2D eigenvalue weighted by Crippen LogP contribution is 2.27. The van der Waals surface area contributed by atoms with Crippen LogP contribution in [0, 0.1) is 0 Å². The summed E-state index contributed by atoms with van der Waals surface area (Å²) in [7, 11) is -4.51. The minimum absolute atomic E-state index is 0.124. The standard InChI is InChI=1S/C7H8ClNO3S/c8-7(9,13(10,11)12)6-4-2-1-3-5-6/h1-5H,9H2,(H,10,11,12). The number of rotatable bonds is 2. The fraction of sp³-hybridized carbons (Fsp3) is 0.143. The zero-order valence-corrected chi connectivity index (χ0v) is 8.09. The Morgan fingerprint density at radius 3 is 2.15 bits per heavy atom. The zero-order chi connectivity index (χ0) is 10.1. The van der Waals surface area contributed by atoms with Crippen LogP contribution in [0.3, 0.4) is 0 Å². The van der Waals surface area contributed by atoms with E-state index in [1.54, 1.807) is 18.2 Å². The topological polar surface area (TPSA) is 80.4 Å². The SMILES string of the molecule is NC(Cl)(c1ccccc1)S(=O)(=O)O. The van der Waals surface area contributed by atoms with Crippen molar-refractivity contribution in [1.29, 1.82) is 0 Å². The molecule has 0 radical (unpaired) electrons. The van der Waals surface area contributed by atoms with E-state index in [-0.39, 0.29) is 5.56 Å². The first-order valence-electron chi connectivity index (χ1n) is 3.36. The van der Waals surface area contributed by atoms with Crippen LogP contribution in [-0.2, 0) is 14.4 Å². The Hall–Kier alpha value is -0.620. The van der Waals surface area contributed by atoms with E-state index in [1.807, 2.05) is 0 Å². The number of nitrogens with two attached hydrogens (primary N) is 1. The van der Waals surface area contributed by atoms with E-state index in [9.17, 15) is 8.42 Å². The van der Waals surface area contributed by atoms with Gasteiger partial charge in [-0.15, -0.1) is 0 Å². The van der Waals surface area contributed by atoms with Gasteiger partial charge in [0.1, 0.15) is 0 Å². The Balaban J connectivity index is 3.24. The number of hydrogen-bond acceptors (Lipinski definition) is 3. The second kappa shape index (κ2) is 3.26. The van der Waals surface area contributed by atoms with Crippen LogP contribution < -0.4 is 5.73 Å². The van der Waals surface area contributed by atoms with Crippen molar-refractivity contribution in [3.05, 3.63) is 35.9 Å². The first-order valence-corrected chi connectivity index (χ1v) is 5.18. The van der Waals surface area contributed by atoms with Crippen LogP contribution in [0.1, 0.15) is 5.56 Å². The van der Waals surface area contributed by atoms with Crippen LogP contribution in [0.4, 0.5) is 0 Å². The molecule has 6 heteroatoms. The van der Waals surface area contributed by atoms with E-state index >= 15 is 0 Å². The summed E-state index contributed by atoms with van der Waals surface area (Å²) in [4.78, 5) is 0. The molecule has 0 spiro atoms. The Kier molecular flexibility index (Phi) is 2.63. The molecule has 0 aliphatic rings. The lowest BCUT2D eigenvalue weighted by Crippen LogP contribution is -2.38. The lowest BCUT2D eigenvalue weighted by molar-refractivity contribution is 0.461. The Morgan fingerprint density at radius 1 is 1.31 bits per heavy atom. The maximum Gasteiger partial charge on any atom is 0.303 e. The van der Waals surface area contributed by atoms with Crippen LogP contribution in [0.2, 0.25) is 0 Å². The summed E-state index contributed by atoms with van der Waals surface area (Å²) < 4.78 is 27.9. The average molecular weight is 222 g/mol. The highest BCUT2D eigenvalue weighted by Gasteiger charge is 2.38. The van der Waals surface area contributed by atoms with Gasteiger partial charge in [-0.05, 0) is 0 Å².